The molecule has 94 valence electrons. The number of aliphatic hydroxyl groups excluding tert-OH is 6. The highest BCUT2D eigenvalue weighted by molar-refractivity contribution is 5.77. The number of aliphatic hydroxyl groups is 6. The summed E-state index contributed by atoms with van der Waals surface area (Å²) in [7, 11) is 0. The summed E-state index contributed by atoms with van der Waals surface area (Å²) in [6.45, 7) is -0.808. The van der Waals surface area contributed by atoms with Crippen molar-refractivity contribution in [3.05, 3.63) is 0 Å². The van der Waals surface area contributed by atoms with Gasteiger partial charge in [-0.3, -0.25) is 0 Å². The summed E-state index contributed by atoms with van der Waals surface area (Å²) in [5.41, 5.74) is 0. The molecule has 1 aliphatic rings. The van der Waals surface area contributed by atoms with Gasteiger partial charge in [0.25, 0.3) is 0 Å². The van der Waals surface area contributed by atoms with Gasteiger partial charge in [0.2, 0.25) is 0 Å². The lowest BCUT2D eigenvalue weighted by atomic mass is 9.99. The SMILES string of the molecule is O=C1O[C@@H]([C@@H](O)[C@H](O)[C@@H](O)CO)[C@H](O)[C@@H]1O. The van der Waals surface area contributed by atoms with Gasteiger partial charge in [0.15, 0.2) is 12.2 Å². The molecule has 1 rings (SSSR count). The zero-order valence-corrected chi connectivity index (χ0v) is 8.17. The van der Waals surface area contributed by atoms with Crippen LogP contribution in [-0.2, 0) is 9.53 Å². The van der Waals surface area contributed by atoms with Gasteiger partial charge < -0.3 is 35.4 Å². The average Bonchev–Trinajstić information content (AvgIpc) is 2.54. The van der Waals surface area contributed by atoms with Crippen LogP contribution in [0.1, 0.15) is 0 Å². The van der Waals surface area contributed by atoms with Gasteiger partial charge in [-0.05, 0) is 0 Å². The molecule has 0 unspecified atom stereocenters. The van der Waals surface area contributed by atoms with E-state index in [0.717, 1.165) is 0 Å². The van der Waals surface area contributed by atoms with E-state index in [4.69, 9.17) is 15.3 Å². The molecule has 6 N–H and O–H groups in total. The third-order valence-corrected chi connectivity index (χ3v) is 2.42. The lowest BCUT2D eigenvalue weighted by Crippen LogP contribution is -2.50. The Morgan fingerprint density at radius 2 is 1.81 bits per heavy atom. The van der Waals surface area contributed by atoms with E-state index in [0.29, 0.717) is 0 Å². The van der Waals surface area contributed by atoms with E-state index < -0.39 is 49.2 Å². The van der Waals surface area contributed by atoms with E-state index in [9.17, 15) is 20.1 Å². The molecule has 1 aliphatic heterocycles. The van der Waals surface area contributed by atoms with Crippen molar-refractivity contribution >= 4 is 5.97 Å². The molecule has 0 aliphatic carbocycles. The summed E-state index contributed by atoms with van der Waals surface area (Å²) in [4.78, 5) is 10.8. The van der Waals surface area contributed by atoms with Gasteiger partial charge in [-0.25, -0.2) is 4.79 Å². The van der Waals surface area contributed by atoms with E-state index in [1.807, 2.05) is 0 Å². The molecule has 0 aromatic rings. The largest absolute Gasteiger partial charge is 0.455 e. The van der Waals surface area contributed by atoms with Gasteiger partial charge in [0, 0.05) is 0 Å². The molecule has 0 spiro atoms. The van der Waals surface area contributed by atoms with Gasteiger partial charge in [-0.15, -0.1) is 0 Å². The Bertz CT molecular complexity index is 256. The number of hydrogen-bond acceptors (Lipinski definition) is 8. The van der Waals surface area contributed by atoms with E-state index in [-0.39, 0.29) is 0 Å². The molecule has 8 nitrogen and oxygen atoms in total. The monoisotopic (exact) mass is 238 g/mol. The maximum absolute atomic E-state index is 10.8. The zero-order valence-electron chi connectivity index (χ0n) is 8.17. The van der Waals surface area contributed by atoms with Crippen molar-refractivity contribution in [2.45, 2.75) is 36.6 Å². The summed E-state index contributed by atoms with van der Waals surface area (Å²) < 4.78 is 4.42. The molecule has 0 aromatic carbocycles. The fourth-order valence-electron chi connectivity index (χ4n) is 1.39. The van der Waals surface area contributed by atoms with Crippen LogP contribution in [0.5, 0.6) is 0 Å². The maximum atomic E-state index is 10.8. The highest BCUT2D eigenvalue weighted by atomic mass is 16.6. The molecule has 0 bridgehead atoms. The van der Waals surface area contributed by atoms with Crippen LogP contribution in [0.3, 0.4) is 0 Å². The van der Waals surface area contributed by atoms with E-state index >= 15 is 0 Å². The van der Waals surface area contributed by atoms with Crippen LogP contribution in [-0.4, -0.2) is 79.8 Å². The first-order valence-electron chi connectivity index (χ1n) is 4.61. The smallest absolute Gasteiger partial charge is 0.338 e. The molecule has 0 saturated carbocycles. The topological polar surface area (TPSA) is 148 Å². The van der Waals surface area contributed by atoms with Crippen LogP contribution in [0.2, 0.25) is 0 Å². The van der Waals surface area contributed by atoms with Crippen molar-refractivity contribution in [2.75, 3.05) is 6.61 Å². The first-order chi connectivity index (χ1) is 7.40. The van der Waals surface area contributed by atoms with Crippen molar-refractivity contribution in [3.63, 3.8) is 0 Å². The molecule has 0 amide bonds. The molecule has 1 saturated heterocycles. The quantitative estimate of drug-likeness (QED) is 0.269. The van der Waals surface area contributed by atoms with E-state index in [1.165, 1.54) is 0 Å². The number of carbonyl (C=O) groups is 1. The Morgan fingerprint density at radius 3 is 2.19 bits per heavy atom. The number of carbonyl (C=O) groups excluding carboxylic acids is 1. The van der Waals surface area contributed by atoms with Gasteiger partial charge in [-0.1, -0.05) is 0 Å². The molecule has 6 atom stereocenters. The van der Waals surface area contributed by atoms with Gasteiger partial charge >= 0.3 is 5.97 Å². The minimum absolute atomic E-state index is 0.808. The van der Waals surface area contributed by atoms with Gasteiger partial charge in [0.05, 0.1) is 6.61 Å². The van der Waals surface area contributed by atoms with E-state index in [1.54, 1.807) is 0 Å². The highest BCUT2D eigenvalue weighted by Crippen LogP contribution is 2.21. The summed E-state index contributed by atoms with van der Waals surface area (Å²) in [5, 5.41) is 54.6. The predicted octanol–water partition coefficient (Wildman–Crippen LogP) is -4.29. The van der Waals surface area contributed by atoms with Gasteiger partial charge in [0.1, 0.15) is 24.4 Å². The van der Waals surface area contributed by atoms with Crippen LogP contribution < -0.4 is 0 Å². The normalized spacial score (nSPS) is 35.6. The van der Waals surface area contributed by atoms with Crippen molar-refractivity contribution in [2.24, 2.45) is 0 Å². The Kier molecular flexibility index (Phi) is 4.19. The zero-order chi connectivity index (χ0) is 12.5. The van der Waals surface area contributed by atoms with Crippen molar-refractivity contribution in [3.8, 4) is 0 Å². The maximum Gasteiger partial charge on any atom is 0.338 e. The van der Waals surface area contributed by atoms with Crippen molar-refractivity contribution in [1.29, 1.82) is 0 Å². The van der Waals surface area contributed by atoms with Crippen LogP contribution in [0.15, 0.2) is 0 Å². The number of ether oxygens (including phenoxy) is 1. The molecule has 8 heteroatoms. The first kappa shape index (κ1) is 13.3. The standard InChI is InChI=1S/C8H14O8/c9-1-2(10)3(11)4(12)7-5(13)6(14)8(15)16-7/h2-7,9-14H,1H2/t2-,3+,4-,5+,6-,7-/m0/s1. The Morgan fingerprint density at radius 1 is 1.25 bits per heavy atom. The van der Waals surface area contributed by atoms with Crippen LogP contribution in [0.25, 0.3) is 0 Å². The highest BCUT2D eigenvalue weighted by Gasteiger charge is 2.48. The second kappa shape index (κ2) is 5.04. The Hall–Kier alpha value is -0.770. The summed E-state index contributed by atoms with van der Waals surface area (Å²) in [6.07, 6.45) is -10.3. The number of cyclic esters (lactones) is 1. The number of hydrogen-bond donors (Lipinski definition) is 6. The summed E-state index contributed by atoms with van der Waals surface area (Å²) in [6, 6.07) is 0. The fourth-order valence-corrected chi connectivity index (χ4v) is 1.39. The minimum Gasteiger partial charge on any atom is -0.455 e. The molecule has 0 radical (unpaired) electrons. The summed E-state index contributed by atoms with van der Waals surface area (Å²) >= 11 is 0. The lowest BCUT2D eigenvalue weighted by Gasteiger charge is -2.26. The lowest BCUT2D eigenvalue weighted by molar-refractivity contribution is -0.159. The third kappa shape index (κ3) is 2.32. The third-order valence-electron chi connectivity index (χ3n) is 2.42. The minimum atomic E-state index is -1.81. The molecule has 0 aromatic heterocycles. The predicted molar refractivity (Wildman–Crippen MR) is 47.0 cm³/mol. The molecular formula is C8H14O8. The first-order valence-corrected chi connectivity index (χ1v) is 4.61. The number of rotatable bonds is 4. The van der Waals surface area contributed by atoms with Gasteiger partial charge in [-0.2, -0.15) is 0 Å². The molecule has 1 heterocycles. The number of esters is 1. The second-order valence-electron chi connectivity index (χ2n) is 3.57. The van der Waals surface area contributed by atoms with Crippen molar-refractivity contribution < 1.29 is 40.2 Å². The van der Waals surface area contributed by atoms with Crippen LogP contribution in [0.4, 0.5) is 0 Å². The molecular weight excluding hydrogens is 224 g/mol. The Labute approximate surface area is 90.3 Å². The molecule has 16 heavy (non-hydrogen) atoms. The van der Waals surface area contributed by atoms with Crippen LogP contribution >= 0.6 is 0 Å². The summed E-state index contributed by atoms with van der Waals surface area (Å²) in [5.74, 6) is -1.12. The second-order valence-corrected chi connectivity index (χ2v) is 3.57. The fraction of sp³-hybridized carbons (Fsp3) is 0.875. The van der Waals surface area contributed by atoms with Crippen LogP contribution in [0, 0.1) is 0 Å². The molecule has 1 fully saturated rings. The average molecular weight is 238 g/mol. The Balaban J connectivity index is 2.68. The van der Waals surface area contributed by atoms with Crippen molar-refractivity contribution in [1.82, 2.24) is 0 Å². The van der Waals surface area contributed by atoms with E-state index in [2.05, 4.69) is 4.74 Å².